The number of ether oxygens (including phenoxy) is 1. The van der Waals surface area contributed by atoms with Gasteiger partial charge in [0.15, 0.2) is 0 Å². The summed E-state index contributed by atoms with van der Waals surface area (Å²) in [6, 6.07) is 13.0. The Kier molecular flexibility index (Phi) is 3.12. The lowest BCUT2D eigenvalue weighted by atomic mass is 10.1. The van der Waals surface area contributed by atoms with Crippen molar-refractivity contribution in [3.63, 3.8) is 0 Å². The molecule has 0 radical (unpaired) electrons. The van der Waals surface area contributed by atoms with Crippen LogP contribution in [0.15, 0.2) is 42.5 Å². The van der Waals surface area contributed by atoms with Crippen molar-refractivity contribution in [3.05, 3.63) is 64.7 Å². The van der Waals surface area contributed by atoms with E-state index in [0.29, 0.717) is 18.6 Å². The fourth-order valence-corrected chi connectivity index (χ4v) is 3.30. The topological polar surface area (TPSA) is 58.6 Å². The molecule has 2 N–H and O–H groups in total. The van der Waals surface area contributed by atoms with E-state index < -0.39 is 6.10 Å². The Balaban J connectivity index is 1.57. The number of benzene rings is 2. The van der Waals surface area contributed by atoms with Crippen molar-refractivity contribution in [1.29, 1.82) is 0 Å². The van der Waals surface area contributed by atoms with Gasteiger partial charge in [0.05, 0.1) is 18.8 Å². The van der Waals surface area contributed by atoms with Gasteiger partial charge in [-0.05, 0) is 34.9 Å². The number of nitrogens with one attached hydrogen (secondary N) is 1. The van der Waals surface area contributed by atoms with Crippen LogP contribution in [0.2, 0.25) is 0 Å². The van der Waals surface area contributed by atoms with Crippen LogP contribution in [-0.4, -0.2) is 23.7 Å². The molecule has 4 heteroatoms. The highest BCUT2D eigenvalue weighted by Gasteiger charge is 2.32. The van der Waals surface area contributed by atoms with Crippen LogP contribution in [0.1, 0.15) is 33.1 Å². The molecule has 2 unspecified atom stereocenters. The summed E-state index contributed by atoms with van der Waals surface area (Å²) < 4.78 is 5.46. The van der Waals surface area contributed by atoms with E-state index in [-0.39, 0.29) is 11.9 Å². The average Bonchev–Trinajstić information content (AvgIpc) is 3.11. The molecular weight excluding hydrogens is 278 g/mol. The molecular formula is C18H17NO3. The Morgan fingerprint density at radius 2 is 2.05 bits per heavy atom. The Morgan fingerprint density at radius 3 is 2.95 bits per heavy atom. The molecule has 0 spiro atoms. The van der Waals surface area contributed by atoms with Gasteiger partial charge in [-0.25, -0.2) is 0 Å². The quantitative estimate of drug-likeness (QED) is 0.891. The summed E-state index contributed by atoms with van der Waals surface area (Å²) in [5.41, 5.74) is 3.79. The Labute approximate surface area is 128 Å². The maximum absolute atomic E-state index is 12.5. The lowest BCUT2D eigenvalue weighted by Gasteiger charge is -2.18. The highest BCUT2D eigenvalue weighted by atomic mass is 16.5. The monoisotopic (exact) mass is 295 g/mol. The van der Waals surface area contributed by atoms with Crippen molar-refractivity contribution in [2.75, 3.05) is 6.61 Å². The van der Waals surface area contributed by atoms with E-state index in [4.69, 9.17) is 4.74 Å². The number of rotatable bonds is 2. The minimum Gasteiger partial charge on any atom is -0.493 e. The molecule has 0 saturated heterocycles. The molecule has 1 amide bonds. The van der Waals surface area contributed by atoms with Gasteiger partial charge in [0.1, 0.15) is 5.75 Å². The maximum Gasteiger partial charge on any atom is 0.251 e. The Bertz CT molecular complexity index is 741. The van der Waals surface area contributed by atoms with Crippen LogP contribution in [-0.2, 0) is 12.8 Å². The number of fused-ring (bicyclic) bond motifs is 2. The van der Waals surface area contributed by atoms with E-state index in [1.807, 2.05) is 36.4 Å². The average molecular weight is 295 g/mol. The molecule has 0 aromatic heterocycles. The highest BCUT2D eigenvalue weighted by Crippen LogP contribution is 2.32. The van der Waals surface area contributed by atoms with Crippen LogP contribution >= 0.6 is 0 Å². The minimum atomic E-state index is -0.570. The van der Waals surface area contributed by atoms with Crippen molar-refractivity contribution in [1.82, 2.24) is 5.32 Å². The van der Waals surface area contributed by atoms with Crippen molar-refractivity contribution in [3.8, 4) is 5.75 Å². The third-order valence-corrected chi connectivity index (χ3v) is 4.44. The van der Waals surface area contributed by atoms with Gasteiger partial charge in [-0.3, -0.25) is 4.79 Å². The van der Waals surface area contributed by atoms with Crippen molar-refractivity contribution in [2.45, 2.75) is 25.0 Å². The van der Waals surface area contributed by atoms with Crippen LogP contribution in [0, 0.1) is 0 Å². The number of hydrogen-bond acceptors (Lipinski definition) is 3. The molecule has 112 valence electrons. The number of carbonyl (C=O) groups is 1. The SMILES string of the molecule is O=C(NC1c2ccccc2CC1O)c1ccc2c(c1)CCO2. The number of aliphatic hydroxyl groups excluding tert-OH is 1. The first-order chi connectivity index (χ1) is 10.7. The predicted molar refractivity (Wildman–Crippen MR) is 82.0 cm³/mol. The molecule has 1 heterocycles. The van der Waals surface area contributed by atoms with Crippen LogP contribution in [0.5, 0.6) is 5.75 Å². The molecule has 2 aromatic rings. The van der Waals surface area contributed by atoms with E-state index in [9.17, 15) is 9.90 Å². The first-order valence-electron chi connectivity index (χ1n) is 7.55. The number of amides is 1. The fourth-order valence-electron chi connectivity index (χ4n) is 3.30. The molecule has 2 aromatic carbocycles. The molecule has 0 fully saturated rings. The van der Waals surface area contributed by atoms with Gasteiger partial charge in [0, 0.05) is 18.4 Å². The normalized spacial score (nSPS) is 21.9. The molecule has 2 aliphatic rings. The van der Waals surface area contributed by atoms with E-state index in [1.165, 1.54) is 0 Å². The van der Waals surface area contributed by atoms with Crippen molar-refractivity contribution in [2.24, 2.45) is 0 Å². The fraction of sp³-hybridized carbons (Fsp3) is 0.278. The van der Waals surface area contributed by atoms with Crippen LogP contribution in [0.25, 0.3) is 0 Å². The Hall–Kier alpha value is -2.33. The standard InChI is InChI=1S/C18H17NO3/c20-15-10-11-3-1-2-4-14(11)17(15)19-18(21)13-5-6-16-12(9-13)7-8-22-16/h1-6,9,15,17,20H,7-8,10H2,(H,19,21). The second kappa shape index (κ2) is 5.14. The van der Waals surface area contributed by atoms with E-state index in [1.54, 1.807) is 6.07 Å². The highest BCUT2D eigenvalue weighted by molar-refractivity contribution is 5.95. The Morgan fingerprint density at radius 1 is 1.18 bits per heavy atom. The molecule has 22 heavy (non-hydrogen) atoms. The smallest absolute Gasteiger partial charge is 0.251 e. The third-order valence-electron chi connectivity index (χ3n) is 4.44. The van der Waals surface area contributed by atoms with E-state index >= 15 is 0 Å². The van der Waals surface area contributed by atoms with Gasteiger partial charge < -0.3 is 15.2 Å². The molecule has 4 rings (SSSR count). The second-order valence-corrected chi connectivity index (χ2v) is 5.84. The maximum atomic E-state index is 12.5. The zero-order chi connectivity index (χ0) is 15.1. The largest absolute Gasteiger partial charge is 0.493 e. The molecule has 4 nitrogen and oxygen atoms in total. The predicted octanol–water partition coefficient (Wildman–Crippen LogP) is 2.01. The van der Waals surface area contributed by atoms with E-state index in [0.717, 1.165) is 28.9 Å². The summed E-state index contributed by atoms with van der Waals surface area (Å²) in [6.07, 6.45) is 0.851. The summed E-state index contributed by atoms with van der Waals surface area (Å²) in [5.74, 6) is 0.707. The van der Waals surface area contributed by atoms with Crippen LogP contribution in [0.4, 0.5) is 0 Å². The second-order valence-electron chi connectivity index (χ2n) is 5.84. The van der Waals surface area contributed by atoms with Crippen LogP contribution in [0.3, 0.4) is 0 Å². The van der Waals surface area contributed by atoms with Crippen molar-refractivity contribution < 1.29 is 14.6 Å². The van der Waals surface area contributed by atoms with Gasteiger partial charge in [0.25, 0.3) is 5.91 Å². The summed E-state index contributed by atoms with van der Waals surface area (Å²) in [5, 5.41) is 13.2. The number of aliphatic hydroxyl groups is 1. The lowest BCUT2D eigenvalue weighted by Crippen LogP contribution is -2.33. The summed E-state index contributed by atoms with van der Waals surface area (Å²) in [4.78, 5) is 12.5. The first-order valence-corrected chi connectivity index (χ1v) is 7.55. The van der Waals surface area contributed by atoms with E-state index in [2.05, 4.69) is 5.32 Å². The summed E-state index contributed by atoms with van der Waals surface area (Å²) in [7, 11) is 0. The molecule has 0 bridgehead atoms. The van der Waals surface area contributed by atoms with Gasteiger partial charge in [0.2, 0.25) is 0 Å². The summed E-state index contributed by atoms with van der Waals surface area (Å²) in [6.45, 7) is 0.676. The minimum absolute atomic E-state index is 0.157. The zero-order valence-electron chi connectivity index (χ0n) is 12.1. The molecule has 1 aliphatic carbocycles. The van der Waals surface area contributed by atoms with Gasteiger partial charge in [-0.1, -0.05) is 24.3 Å². The summed E-state index contributed by atoms with van der Waals surface area (Å²) >= 11 is 0. The zero-order valence-corrected chi connectivity index (χ0v) is 12.1. The molecule has 0 saturated carbocycles. The number of hydrogen-bond donors (Lipinski definition) is 2. The van der Waals surface area contributed by atoms with Crippen LogP contribution < -0.4 is 10.1 Å². The lowest BCUT2D eigenvalue weighted by molar-refractivity contribution is 0.0858. The molecule has 1 aliphatic heterocycles. The van der Waals surface area contributed by atoms with Crippen molar-refractivity contribution >= 4 is 5.91 Å². The van der Waals surface area contributed by atoms with Gasteiger partial charge in [-0.2, -0.15) is 0 Å². The number of carbonyl (C=O) groups excluding carboxylic acids is 1. The first kappa shape index (κ1) is 13.3. The third kappa shape index (κ3) is 2.16. The van der Waals surface area contributed by atoms with Gasteiger partial charge in [-0.15, -0.1) is 0 Å². The molecule has 2 atom stereocenters. The van der Waals surface area contributed by atoms with Gasteiger partial charge >= 0.3 is 0 Å².